The molecule has 8 nitrogen and oxygen atoms in total. The van der Waals surface area contributed by atoms with Crippen molar-refractivity contribution in [3.05, 3.63) is 107 Å². The second kappa shape index (κ2) is 14.2. The summed E-state index contributed by atoms with van der Waals surface area (Å²) in [5, 5.41) is 8.61. The number of benzene rings is 2. The highest BCUT2D eigenvalue weighted by Crippen LogP contribution is 2.41. The summed E-state index contributed by atoms with van der Waals surface area (Å²) in [6.07, 6.45) is 8.15. The van der Waals surface area contributed by atoms with Crippen LogP contribution in [-0.4, -0.2) is 43.5 Å². The number of fused-ring (bicyclic) bond motifs is 1. The van der Waals surface area contributed by atoms with Gasteiger partial charge < -0.3 is 9.47 Å². The second-order valence-electron chi connectivity index (χ2n) is 12.4. The van der Waals surface area contributed by atoms with Crippen molar-refractivity contribution in [1.82, 2.24) is 24.9 Å². The van der Waals surface area contributed by atoms with Crippen molar-refractivity contribution in [3.8, 4) is 5.75 Å². The van der Waals surface area contributed by atoms with Crippen molar-refractivity contribution in [2.75, 3.05) is 6.54 Å². The molecule has 1 aliphatic rings. The van der Waals surface area contributed by atoms with Gasteiger partial charge in [-0.25, -0.2) is 0 Å². The zero-order valence-electron chi connectivity index (χ0n) is 26.7. The van der Waals surface area contributed by atoms with Gasteiger partial charge in [-0.15, -0.1) is 5.10 Å². The van der Waals surface area contributed by atoms with E-state index in [4.69, 9.17) is 9.47 Å². The summed E-state index contributed by atoms with van der Waals surface area (Å²) in [7, 11) is 0. The van der Waals surface area contributed by atoms with Crippen molar-refractivity contribution in [2.24, 2.45) is 5.41 Å². The van der Waals surface area contributed by atoms with Crippen LogP contribution in [0.4, 0.5) is 0 Å². The largest absolute Gasteiger partial charge is 0.487 e. The molecule has 4 aromatic rings. The van der Waals surface area contributed by atoms with E-state index in [1.165, 1.54) is 11.1 Å². The number of aromatic nitrogens is 4. The Labute approximate surface area is 261 Å². The van der Waals surface area contributed by atoms with E-state index in [-0.39, 0.29) is 24.6 Å². The Bertz CT molecular complexity index is 1530. The third-order valence-electron chi connectivity index (χ3n) is 8.85. The Morgan fingerprint density at radius 2 is 1.95 bits per heavy atom. The summed E-state index contributed by atoms with van der Waals surface area (Å²) >= 11 is 0. The van der Waals surface area contributed by atoms with Crippen LogP contribution in [0.5, 0.6) is 5.75 Å². The fourth-order valence-corrected chi connectivity index (χ4v) is 6.00. The molecule has 0 radical (unpaired) electrons. The molecule has 44 heavy (non-hydrogen) atoms. The molecule has 0 bridgehead atoms. The number of rotatable bonds is 12. The summed E-state index contributed by atoms with van der Waals surface area (Å²) in [4.78, 5) is 20.5. The van der Waals surface area contributed by atoms with Gasteiger partial charge in [0.15, 0.2) is 0 Å². The normalized spacial score (nSPS) is 16.1. The molecule has 0 aliphatic carbocycles. The molecule has 1 aliphatic heterocycles. The van der Waals surface area contributed by atoms with Crippen LogP contribution in [-0.2, 0) is 42.2 Å². The van der Waals surface area contributed by atoms with Crippen LogP contribution >= 0.6 is 0 Å². The van der Waals surface area contributed by atoms with Gasteiger partial charge in [0.1, 0.15) is 18.5 Å². The van der Waals surface area contributed by atoms with Crippen molar-refractivity contribution < 1.29 is 14.3 Å². The van der Waals surface area contributed by atoms with Gasteiger partial charge in [-0.05, 0) is 81.2 Å². The van der Waals surface area contributed by atoms with E-state index >= 15 is 0 Å². The summed E-state index contributed by atoms with van der Waals surface area (Å²) in [6.45, 7) is 13.9. The first-order valence-electron chi connectivity index (χ1n) is 15.8. The number of hydrogen-bond acceptors (Lipinski definition) is 7. The smallest absolute Gasteiger partial charge is 0.312 e. The van der Waals surface area contributed by atoms with Crippen LogP contribution in [0.2, 0.25) is 0 Å². The second-order valence-corrected chi connectivity index (χ2v) is 12.4. The maximum atomic E-state index is 13.7. The Morgan fingerprint density at radius 3 is 2.70 bits per heavy atom. The van der Waals surface area contributed by atoms with Gasteiger partial charge in [0.05, 0.1) is 17.3 Å². The Hall–Kier alpha value is -4.04. The van der Waals surface area contributed by atoms with Crippen LogP contribution in [0, 0.1) is 12.3 Å². The quantitative estimate of drug-likeness (QED) is 0.169. The highest BCUT2D eigenvalue weighted by molar-refractivity contribution is 5.77. The van der Waals surface area contributed by atoms with Gasteiger partial charge in [-0.3, -0.25) is 19.4 Å². The number of hydrogen-bond donors (Lipinski definition) is 0. The van der Waals surface area contributed by atoms with Gasteiger partial charge in [0.25, 0.3) is 0 Å². The van der Waals surface area contributed by atoms with Crippen molar-refractivity contribution >= 4 is 5.97 Å². The molecule has 2 atom stereocenters. The molecule has 5 rings (SSSR count). The first kappa shape index (κ1) is 31.4. The molecule has 232 valence electrons. The van der Waals surface area contributed by atoms with E-state index < -0.39 is 5.41 Å². The van der Waals surface area contributed by atoms with E-state index in [9.17, 15) is 4.79 Å². The zero-order valence-corrected chi connectivity index (χ0v) is 26.7. The molecule has 2 aromatic heterocycles. The molecule has 0 spiro atoms. The zero-order chi connectivity index (χ0) is 31.1. The first-order chi connectivity index (χ1) is 21.3. The van der Waals surface area contributed by atoms with Crippen molar-refractivity contribution in [1.29, 1.82) is 0 Å². The molecule has 2 aromatic carbocycles. The molecular weight excluding hydrogens is 550 g/mol. The van der Waals surface area contributed by atoms with Gasteiger partial charge in [0.2, 0.25) is 0 Å². The van der Waals surface area contributed by atoms with E-state index in [1.807, 2.05) is 67.5 Å². The Balaban J connectivity index is 1.41. The molecule has 0 saturated carbocycles. The Morgan fingerprint density at radius 1 is 1.14 bits per heavy atom. The van der Waals surface area contributed by atoms with Gasteiger partial charge in [-0.1, -0.05) is 60.7 Å². The lowest BCUT2D eigenvalue weighted by molar-refractivity contribution is -0.156. The lowest BCUT2D eigenvalue weighted by atomic mass is 9.72. The lowest BCUT2D eigenvalue weighted by Crippen LogP contribution is -2.34. The van der Waals surface area contributed by atoms with Gasteiger partial charge >= 0.3 is 5.97 Å². The third kappa shape index (κ3) is 7.53. The number of nitrogens with zero attached hydrogens (tertiary/aromatic N) is 5. The van der Waals surface area contributed by atoms with Gasteiger partial charge in [-0.2, -0.15) is 0 Å². The topological polar surface area (TPSA) is 82.4 Å². The standard InChI is InChI=1S/C36H45N5O3/c1-6-32-24-40(21-29-17-18-37-20-34(29)44-32)22-30-19-28(14-13-26(30)3)33(16-15-31-23-41(7-2)39-38-31)36(4,5)35(42)43-25-27-11-9-8-10-12-27/h8-14,17-20,23,32-33H,6-7,15-16,21-22,24-25H2,1-5H3. The number of carbonyl (C=O) groups excluding carboxylic acids is 1. The molecule has 2 unspecified atom stereocenters. The molecule has 0 N–H and O–H groups in total. The maximum absolute atomic E-state index is 13.7. The van der Waals surface area contributed by atoms with Crippen LogP contribution in [0.3, 0.4) is 0 Å². The van der Waals surface area contributed by atoms with E-state index in [1.54, 1.807) is 0 Å². The molecule has 0 amide bonds. The van der Waals surface area contributed by atoms with Crippen LogP contribution in [0.15, 0.2) is 73.2 Å². The maximum Gasteiger partial charge on any atom is 0.312 e. The lowest BCUT2D eigenvalue weighted by Gasteiger charge is -2.33. The molecule has 0 fully saturated rings. The minimum atomic E-state index is -0.766. The predicted octanol–water partition coefficient (Wildman–Crippen LogP) is 6.66. The van der Waals surface area contributed by atoms with E-state index in [0.717, 1.165) is 73.6 Å². The number of aryl methyl sites for hydroxylation is 3. The average Bonchev–Trinajstić information content (AvgIpc) is 3.42. The van der Waals surface area contributed by atoms with Crippen LogP contribution < -0.4 is 4.74 Å². The van der Waals surface area contributed by atoms with Crippen molar-refractivity contribution in [3.63, 3.8) is 0 Å². The Kier molecular flexibility index (Phi) is 10.1. The number of pyridine rings is 1. The molecule has 8 heteroatoms. The first-order valence-corrected chi connectivity index (χ1v) is 15.8. The van der Waals surface area contributed by atoms with Gasteiger partial charge in [0, 0.05) is 44.1 Å². The summed E-state index contributed by atoms with van der Waals surface area (Å²) < 4.78 is 14.1. The molecular formula is C36H45N5O3. The number of ether oxygens (including phenoxy) is 2. The number of carbonyl (C=O) groups is 1. The predicted molar refractivity (Wildman–Crippen MR) is 171 cm³/mol. The van der Waals surface area contributed by atoms with E-state index in [0.29, 0.717) is 0 Å². The fourth-order valence-electron chi connectivity index (χ4n) is 6.00. The van der Waals surface area contributed by atoms with Crippen LogP contribution in [0.1, 0.15) is 80.0 Å². The summed E-state index contributed by atoms with van der Waals surface area (Å²) in [5.41, 5.74) is 5.92. The monoisotopic (exact) mass is 595 g/mol. The van der Waals surface area contributed by atoms with Crippen molar-refractivity contribution in [2.45, 2.75) is 92.1 Å². The SMILES string of the molecule is CCC1CN(Cc2cc(C(CCc3cn(CC)nn3)C(C)(C)C(=O)OCc3ccccc3)ccc2C)Cc2ccncc2O1. The van der Waals surface area contributed by atoms with Crippen LogP contribution in [0.25, 0.3) is 0 Å². The minimum absolute atomic E-state index is 0.0837. The third-order valence-corrected chi connectivity index (χ3v) is 8.85. The molecule has 3 heterocycles. The minimum Gasteiger partial charge on any atom is -0.487 e. The fraction of sp³-hybridized carbons (Fsp3) is 0.444. The molecule has 0 saturated heterocycles. The summed E-state index contributed by atoms with van der Waals surface area (Å²) in [5.74, 6) is 0.592. The number of esters is 1. The highest BCUT2D eigenvalue weighted by atomic mass is 16.5. The summed E-state index contributed by atoms with van der Waals surface area (Å²) in [6, 6.07) is 18.6. The average molecular weight is 596 g/mol. The highest BCUT2D eigenvalue weighted by Gasteiger charge is 2.39. The van der Waals surface area contributed by atoms with E-state index in [2.05, 4.69) is 65.2 Å².